The Hall–Kier alpha value is -2.30. The predicted octanol–water partition coefficient (Wildman–Crippen LogP) is 1.18. The molecular formula is C13H14N4O. The van der Waals surface area contributed by atoms with Crippen molar-refractivity contribution in [2.45, 2.75) is 12.5 Å². The maximum atomic E-state index is 11.4. The Bertz CT molecular complexity index is 629. The third-order valence-electron chi connectivity index (χ3n) is 3.24. The fourth-order valence-electron chi connectivity index (χ4n) is 2.34. The van der Waals surface area contributed by atoms with Crippen molar-refractivity contribution in [3.63, 3.8) is 0 Å². The molecule has 18 heavy (non-hydrogen) atoms. The molecule has 3 rings (SSSR count). The summed E-state index contributed by atoms with van der Waals surface area (Å²) in [6, 6.07) is 5.76. The molecule has 1 atom stereocenters. The van der Waals surface area contributed by atoms with E-state index in [-0.39, 0.29) is 6.04 Å². The van der Waals surface area contributed by atoms with Gasteiger partial charge in [-0.15, -0.1) is 0 Å². The van der Waals surface area contributed by atoms with Gasteiger partial charge in [0, 0.05) is 11.9 Å². The lowest BCUT2D eigenvalue weighted by atomic mass is 10.1. The SMILES string of the molecule is NC(=O)c1cccc2c1cnn2C1C=CNCC1. The van der Waals surface area contributed by atoms with Crippen molar-refractivity contribution in [2.24, 2.45) is 5.73 Å². The van der Waals surface area contributed by atoms with Crippen molar-refractivity contribution in [2.75, 3.05) is 6.54 Å². The number of carbonyl (C=O) groups excluding carboxylic acids is 1. The molecule has 1 aliphatic rings. The molecule has 3 N–H and O–H groups in total. The Kier molecular flexibility index (Phi) is 2.51. The van der Waals surface area contributed by atoms with Crippen LogP contribution in [0.3, 0.4) is 0 Å². The second kappa shape index (κ2) is 4.18. The van der Waals surface area contributed by atoms with E-state index in [1.165, 1.54) is 0 Å². The number of benzene rings is 1. The molecule has 1 aromatic carbocycles. The zero-order valence-electron chi connectivity index (χ0n) is 9.84. The number of hydrogen-bond donors (Lipinski definition) is 2. The summed E-state index contributed by atoms with van der Waals surface area (Å²) in [5, 5.41) is 8.37. The Balaban J connectivity index is 2.14. The molecule has 5 nitrogen and oxygen atoms in total. The van der Waals surface area contributed by atoms with Gasteiger partial charge in [0.15, 0.2) is 0 Å². The molecule has 2 heterocycles. The standard InChI is InChI=1S/C13H14N4O/c14-13(18)10-2-1-3-12-11(10)8-16-17(12)9-4-6-15-7-5-9/h1-4,6,8-9,15H,5,7H2,(H2,14,18). The molecule has 0 radical (unpaired) electrons. The van der Waals surface area contributed by atoms with E-state index in [1.54, 1.807) is 12.3 Å². The first kappa shape index (κ1) is 10.8. The van der Waals surface area contributed by atoms with E-state index in [0.717, 1.165) is 23.9 Å². The highest BCUT2D eigenvalue weighted by Crippen LogP contribution is 2.24. The lowest BCUT2D eigenvalue weighted by Crippen LogP contribution is -2.20. The summed E-state index contributed by atoms with van der Waals surface area (Å²) < 4.78 is 1.94. The maximum Gasteiger partial charge on any atom is 0.249 e. The minimum absolute atomic E-state index is 0.229. The molecule has 0 bridgehead atoms. The van der Waals surface area contributed by atoms with Gasteiger partial charge in [-0.05, 0) is 30.8 Å². The molecule has 2 aromatic rings. The van der Waals surface area contributed by atoms with E-state index >= 15 is 0 Å². The average molecular weight is 242 g/mol. The summed E-state index contributed by atoms with van der Waals surface area (Å²) in [6.45, 7) is 0.929. The second-order valence-corrected chi connectivity index (χ2v) is 4.36. The van der Waals surface area contributed by atoms with Crippen molar-refractivity contribution < 1.29 is 4.79 Å². The van der Waals surface area contributed by atoms with E-state index in [2.05, 4.69) is 16.5 Å². The van der Waals surface area contributed by atoms with E-state index in [0.29, 0.717) is 5.56 Å². The fraction of sp³-hybridized carbons (Fsp3) is 0.231. The number of nitrogens with one attached hydrogen (secondary N) is 1. The quantitative estimate of drug-likeness (QED) is 0.830. The van der Waals surface area contributed by atoms with Gasteiger partial charge in [0.05, 0.1) is 23.3 Å². The number of aromatic nitrogens is 2. The van der Waals surface area contributed by atoms with Gasteiger partial charge in [-0.25, -0.2) is 0 Å². The predicted molar refractivity (Wildman–Crippen MR) is 69.0 cm³/mol. The normalized spacial score (nSPS) is 18.8. The van der Waals surface area contributed by atoms with Crippen LogP contribution >= 0.6 is 0 Å². The van der Waals surface area contributed by atoms with Gasteiger partial charge in [-0.3, -0.25) is 9.48 Å². The Morgan fingerprint density at radius 1 is 1.50 bits per heavy atom. The first-order chi connectivity index (χ1) is 8.77. The topological polar surface area (TPSA) is 72.9 Å². The maximum absolute atomic E-state index is 11.4. The number of nitrogens with zero attached hydrogens (tertiary/aromatic N) is 2. The number of fused-ring (bicyclic) bond motifs is 1. The van der Waals surface area contributed by atoms with Crippen molar-refractivity contribution in [3.8, 4) is 0 Å². The van der Waals surface area contributed by atoms with Gasteiger partial charge in [-0.1, -0.05) is 6.07 Å². The van der Waals surface area contributed by atoms with Gasteiger partial charge < -0.3 is 11.1 Å². The van der Waals surface area contributed by atoms with Crippen molar-refractivity contribution in [1.29, 1.82) is 0 Å². The molecule has 0 saturated heterocycles. The van der Waals surface area contributed by atoms with Gasteiger partial charge in [0.1, 0.15) is 0 Å². The van der Waals surface area contributed by atoms with E-state index in [4.69, 9.17) is 5.73 Å². The fourth-order valence-corrected chi connectivity index (χ4v) is 2.34. The zero-order chi connectivity index (χ0) is 12.5. The summed E-state index contributed by atoms with van der Waals surface area (Å²) in [5.74, 6) is -0.416. The van der Waals surface area contributed by atoms with Crippen molar-refractivity contribution in [1.82, 2.24) is 15.1 Å². The van der Waals surface area contributed by atoms with Crippen LogP contribution in [-0.2, 0) is 0 Å². The number of amides is 1. The summed E-state index contributed by atoms with van der Waals surface area (Å²) in [6.07, 6.45) is 6.71. The Morgan fingerprint density at radius 3 is 3.11 bits per heavy atom. The number of rotatable bonds is 2. The zero-order valence-corrected chi connectivity index (χ0v) is 9.84. The monoisotopic (exact) mass is 242 g/mol. The van der Waals surface area contributed by atoms with Crippen LogP contribution in [-0.4, -0.2) is 22.2 Å². The van der Waals surface area contributed by atoms with Crippen LogP contribution < -0.4 is 11.1 Å². The van der Waals surface area contributed by atoms with Crippen molar-refractivity contribution in [3.05, 3.63) is 42.2 Å². The highest BCUT2D eigenvalue weighted by Gasteiger charge is 2.16. The first-order valence-electron chi connectivity index (χ1n) is 5.93. The Labute approximate surface area is 104 Å². The highest BCUT2D eigenvalue weighted by atomic mass is 16.1. The van der Waals surface area contributed by atoms with Crippen LogP contribution in [0.5, 0.6) is 0 Å². The van der Waals surface area contributed by atoms with Crippen molar-refractivity contribution >= 4 is 16.8 Å². The van der Waals surface area contributed by atoms with Crippen LogP contribution in [0.4, 0.5) is 0 Å². The average Bonchev–Trinajstić information content (AvgIpc) is 2.83. The van der Waals surface area contributed by atoms with E-state index in [9.17, 15) is 4.79 Å². The molecule has 92 valence electrons. The van der Waals surface area contributed by atoms with Gasteiger partial charge in [0.25, 0.3) is 0 Å². The molecular weight excluding hydrogens is 228 g/mol. The van der Waals surface area contributed by atoms with Crippen LogP contribution in [0.1, 0.15) is 22.8 Å². The first-order valence-corrected chi connectivity index (χ1v) is 5.93. The summed E-state index contributed by atoms with van der Waals surface area (Å²) in [7, 11) is 0. The molecule has 5 heteroatoms. The lowest BCUT2D eigenvalue weighted by Gasteiger charge is -2.18. The minimum Gasteiger partial charge on any atom is -0.391 e. The molecule has 1 unspecified atom stereocenters. The van der Waals surface area contributed by atoms with Crippen LogP contribution in [0.2, 0.25) is 0 Å². The van der Waals surface area contributed by atoms with Crippen LogP contribution in [0, 0.1) is 0 Å². The largest absolute Gasteiger partial charge is 0.391 e. The highest BCUT2D eigenvalue weighted by molar-refractivity contribution is 6.05. The summed E-state index contributed by atoms with van der Waals surface area (Å²) in [5.41, 5.74) is 6.84. The minimum atomic E-state index is -0.416. The number of hydrogen-bond acceptors (Lipinski definition) is 3. The molecule has 1 amide bonds. The molecule has 1 aliphatic heterocycles. The molecule has 0 fully saturated rings. The second-order valence-electron chi connectivity index (χ2n) is 4.36. The van der Waals surface area contributed by atoms with E-state index < -0.39 is 5.91 Å². The molecule has 1 aromatic heterocycles. The lowest BCUT2D eigenvalue weighted by molar-refractivity contribution is 0.100. The summed E-state index contributed by atoms with van der Waals surface area (Å²) in [4.78, 5) is 11.4. The number of primary amides is 1. The molecule has 0 aliphatic carbocycles. The van der Waals surface area contributed by atoms with Crippen LogP contribution in [0.25, 0.3) is 10.9 Å². The third-order valence-corrected chi connectivity index (χ3v) is 3.24. The third kappa shape index (κ3) is 1.64. The molecule has 0 saturated carbocycles. The number of nitrogens with two attached hydrogens (primary N) is 1. The number of carbonyl (C=O) groups is 1. The van der Waals surface area contributed by atoms with Crippen LogP contribution in [0.15, 0.2) is 36.7 Å². The van der Waals surface area contributed by atoms with Gasteiger partial charge in [-0.2, -0.15) is 5.10 Å². The molecule has 0 spiro atoms. The Morgan fingerprint density at radius 2 is 2.39 bits per heavy atom. The van der Waals surface area contributed by atoms with Gasteiger partial charge in [0.2, 0.25) is 5.91 Å². The smallest absolute Gasteiger partial charge is 0.249 e. The van der Waals surface area contributed by atoms with E-state index in [1.807, 2.05) is 23.0 Å². The summed E-state index contributed by atoms with van der Waals surface area (Å²) >= 11 is 0. The number of allylic oxidation sites excluding steroid dienone is 1. The van der Waals surface area contributed by atoms with Gasteiger partial charge >= 0.3 is 0 Å².